The third-order valence-electron chi connectivity index (χ3n) is 3.33. The monoisotopic (exact) mass is 312 g/mol. The van der Waals surface area contributed by atoms with E-state index in [1.54, 1.807) is 36.7 Å². The van der Waals surface area contributed by atoms with Crippen LogP contribution in [0.5, 0.6) is 0 Å². The summed E-state index contributed by atoms with van der Waals surface area (Å²) in [6.45, 7) is 0.651. The Hall–Kier alpha value is -2.47. The molecule has 0 aliphatic rings. The Morgan fingerprint density at radius 3 is 2.68 bits per heavy atom. The summed E-state index contributed by atoms with van der Waals surface area (Å²) in [5, 5.41) is 6.36. The standard InChI is InChI=1S/C16H16N4OS/c1-20(2)16(21)12-5-3-11(4-6-12)9-17-14-13-7-8-22-15(13)19-10-18-14/h3-8,10H,9H2,1-2H3,(H,17,18,19). The second kappa shape index (κ2) is 6.11. The highest BCUT2D eigenvalue weighted by atomic mass is 32.1. The van der Waals surface area contributed by atoms with Gasteiger partial charge >= 0.3 is 0 Å². The lowest BCUT2D eigenvalue weighted by Crippen LogP contribution is -2.21. The number of thiophene rings is 1. The molecule has 0 spiro atoms. The van der Waals surface area contributed by atoms with E-state index in [9.17, 15) is 4.79 Å². The number of fused-ring (bicyclic) bond motifs is 1. The maximum atomic E-state index is 11.8. The Bertz CT molecular complexity index is 795. The molecule has 1 amide bonds. The fraction of sp³-hybridized carbons (Fsp3) is 0.188. The predicted molar refractivity (Wildman–Crippen MR) is 89.2 cm³/mol. The van der Waals surface area contributed by atoms with E-state index in [0.717, 1.165) is 21.6 Å². The van der Waals surface area contributed by atoms with Crippen molar-refractivity contribution in [3.8, 4) is 0 Å². The second-order valence-electron chi connectivity index (χ2n) is 5.11. The van der Waals surface area contributed by atoms with Gasteiger partial charge in [0.05, 0.1) is 5.39 Å². The minimum absolute atomic E-state index is 0.00953. The van der Waals surface area contributed by atoms with E-state index < -0.39 is 0 Å². The number of carbonyl (C=O) groups excluding carboxylic acids is 1. The number of anilines is 1. The molecule has 0 saturated heterocycles. The number of hydrogen-bond donors (Lipinski definition) is 1. The number of aromatic nitrogens is 2. The predicted octanol–water partition coefficient (Wildman–Crippen LogP) is 3.01. The summed E-state index contributed by atoms with van der Waals surface area (Å²) >= 11 is 1.60. The number of nitrogens with one attached hydrogen (secondary N) is 1. The van der Waals surface area contributed by atoms with Gasteiger partial charge in [-0.1, -0.05) is 12.1 Å². The Kier molecular flexibility index (Phi) is 4.02. The van der Waals surface area contributed by atoms with Crippen molar-refractivity contribution in [2.75, 3.05) is 19.4 Å². The Morgan fingerprint density at radius 1 is 1.18 bits per heavy atom. The average molecular weight is 312 g/mol. The zero-order valence-corrected chi connectivity index (χ0v) is 13.2. The number of amides is 1. The number of rotatable bonds is 4. The van der Waals surface area contributed by atoms with Crippen molar-refractivity contribution in [2.45, 2.75) is 6.54 Å². The smallest absolute Gasteiger partial charge is 0.253 e. The highest BCUT2D eigenvalue weighted by Crippen LogP contribution is 2.24. The van der Waals surface area contributed by atoms with Crippen LogP contribution in [0.2, 0.25) is 0 Å². The lowest BCUT2D eigenvalue weighted by Gasteiger charge is -2.11. The molecule has 0 atom stereocenters. The molecule has 0 radical (unpaired) electrons. The van der Waals surface area contributed by atoms with Crippen LogP contribution in [0.25, 0.3) is 10.2 Å². The maximum Gasteiger partial charge on any atom is 0.253 e. The van der Waals surface area contributed by atoms with E-state index in [1.807, 2.05) is 35.7 Å². The van der Waals surface area contributed by atoms with Crippen LogP contribution < -0.4 is 5.32 Å². The Balaban J connectivity index is 1.72. The Morgan fingerprint density at radius 2 is 1.95 bits per heavy atom. The Labute approximate surface area is 132 Å². The van der Waals surface area contributed by atoms with Crippen LogP contribution in [0.3, 0.4) is 0 Å². The van der Waals surface area contributed by atoms with E-state index in [0.29, 0.717) is 12.1 Å². The van der Waals surface area contributed by atoms with Crippen LogP contribution in [0.15, 0.2) is 42.0 Å². The normalized spacial score (nSPS) is 10.6. The van der Waals surface area contributed by atoms with Gasteiger partial charge in [0.15, 0.2) is 0 Å². The zero-order chi connectivity index (χ0) is 15.5. The first-order valence-corrected chi connectivity index (χ1v) is 7.76. The molecular weight excluding hydrogens is 296 g/mol. The van der Waals surface area contributed by atoms with Crippen molar-refractivity contribution < 1.29 is 4.79 Å². The van der Waals surface area contributed by atoms with E-state index in [1.165, 1.54) is 0 Å². The number of carbonyl (C=O) groups is 1. The molecule has 0 fully saturated rings. The summed E-state index contributed by atoms with van der Waals surface area (Å²) in [7, 11) is 3.50. The highest BCUT2D eigenvalue weighted by Gasteiger charge is 2.08. The van der Waals surface area contributed by atoms with Gasteiger partial charge in [0, 0.05) is 26.2 Å². The summed E-state index contributed by atoms with van der Waals surface area (Å²) in [6.07, 6.45) is 1.57. The lowest BCUT2D eigenvalue weighted by atomic mass is 10.1. The van der Waals surface area contributed by atoms with Crippen molar-refractivity contribution in [2.24, 2.45) is 0 Å². The SMILES string of the molecule is CN(C)C(=O)c1ccc(CNc2ncnc3sccc23)cc1. The lowest BCUT2D eigenvalue weighted by molar-refractivity contribution is 0.0827. The van der Waals surface area contributed by atoms with E-state index in [-0.39, 0.29) is 5.91 Å². The van der Waals surface area contributed by atoms with Crippen LogP contribution in [0.1, 0.15) is 15.9 Å². The molecule has 2 heterocycles. The van der Waals surface area contributed by atoms with Gasteiger partial charge in [-0.05, 0) is 29.1 Å². The largest absolute Gasteiger partial charge is 0.365 e. The molecule has 1 N–H and O–H groups in total. The molecule has 112 valence electrons. The molecule has 22 heavy (non-hydrogen) atoms. The third kappa shape index (κ3) is 2.92. The van der Waals surface area contributed by atoms with Gasteiger partial charge in [-0.25, -0.2) is 9.97 Å². The molecule has 2 aromatic heterocycles. The molecule has 0 bridgehead atoms. The number of benzene rings is 1. The first-order valence-electron chi connectivity index (χ1n) is 6.88. The first-order chi connectivity index (χ1) is 10.6. The topological polar surface area (TPSA) is 58.1 Å². The average Bonchev–Trinajstić information content (AvgIpc) is 3.01. The van der Waals surface area contributed by atoms with Crippen molar-refractivity contribution in [1.29, 1.82) is 0 Å². The summed E-state index contributed by atoms with van der Waals surface area (Å²) < 4.78 is 0. The molecular formula is C16H16N4OS. The number of nitrogens with zero attached hydrogens (tertiary/aromatic N) is 3. The molecule has 0 saturated carbocycles. The molecule has 3 rings (SSSR count). The molecule has 3 aromatic rings. The quantitative estimate of drug-likeness (QED) is 0.804. The van der Waals surface area contributed by atoms with Gasteiger partial charge in [0.1, 0.15) is 17.0 Å². The van der Waals surface area contributed by atoms with Crippen LogP contribution in [0.4, 0.5) is 5.82 Å². The van der Waals surface area contributed by atoms with Gasteiger partial charge in [0.25, 0.3) is 5.91 Å². The summed E-state index contributed by atoms with van der Waals surface area (Å²) in [5.41, 5.74) is 1.79. The minimum Gasteiger partial charge on any atom is -0.365 e. The fourth-order valence-corrected chi connectivity index (χ4v) is 2.87. The second-order valence-corrected chi connectivity index (χ2v) is 6.01. The van der Waals surface area contributed by atoms with E-state index >= 15 is 0 Å². The van der Waals surface area contributed by atoms with Gasteiger partial charge in [0.2, 0.25) is 0 Å². The molecule has 0 aliphatic carbocycles. The molecule has 5 nitrogen and oxygen atoms in total. The molecule has 0 unspecified atom stereocenters. The fourth-order valence-electron chi connectivity index (χ4n) is 2.14. The summed E-state index contributed by atoms with van der Waals surface area (Å²) in [4.78, 5) is 22.9. The van der Waals surface area contributed by atoms with Crippen molar-refractivity contribution in [3.05, 3.63) is 53.2 Å². The van der Waals surface area contributed by atoms with Crippen molar-refractivity contribution >= 4 is 33.3 Å². The van der Waals surface area contributed by atoms with Crippen molar-refractivity contribution in [3.63, 3.8) is 0 Å². The summed E-state index contributed by atoms with van der Waals surface area (Å²) in [6, 6.07) is 9.62. The van der Waals surface area contributed by atoms with E-state index in [4.69, 9.17) is 0 Å². The first kappa shape index (κ1) is 14.5. The van der Waals surface area contributed by atoms with Crippen LogP contribution in [-0.4, -0.2) is 34.9 Å². The van der Waals surface area contributed by atoms with Crippen LogP contribution >= 0.6 is 11.3 Å². The molecule has 1 aromatic carbocycles. The summed E-state index contributed by atoms with van der Waals surface area (Å²) in [5.74, 6) is 0.843. The molecule has 6 heteroatoms. The minimum atomic E-state index is 0.00953. The van der Waals surface area contributed by atoms with Gasteiger partial charge < -0.3 is 10.2 Å². The highest BCUT2D eigenvalue weighted by molar-refractivity contribution is 7.16. The van der Waals surface area contributed by atoms with Gasteiger partial charge in [-0.15, -0.1) is 11.3 Å². The van der Waals surface area contributed by atoms with Gasteiger partial charge in [-0.2, -0.15) is 0 Å². The van der Waals surface area contributed by atoms with Crippen LogP contribution in [-0.2, 0) is 6.54 Å². The zero-order valence-electron chi connectivity index (χ0n) is 12.4. The van der Waals surface area contributed by atoms with Crippen LogP contribution in [0, 0.1) is 0 Å². The van der Waals surface area contributed by atoms with Gasteiger partial charge in [-0.3, -0.25) is 4.79 Å². The maximum absolute atomic E-state index is 11.8. The molecule has 0 aliphatic heterocycles. The third-order valence-corrected chi connectivity index (χ3v) is 4.15. The number of hydrogen-bond acceptors (Lipinski definition) is 5. The van der Waals surface area contributed by atoms with Crippen molar-refractivity contribution in [1.82, 2.24) is 14.9 Å². The van der Waals surface area contributed by atoms with E-state index in [2.05, 4.69) is 15.3 Å².